The molecule has 1 N–H and O–H groups in total. The molecule has 2 nitrogen and oxygen atoms in total. The molecule has 14 heavy (non-hydrogen) atoms. The molecule has 82 valence electrons. The Bertz CT molecular complexity index is 197. The number of hydrogen-bond donors (Lipinski definition) is 1. The van der Waals surface area contributed by atoms with Crippen LogP contribution in [0.4, 0.5) is 0 Å². The zero-order valence-electron chi connectivity index (χ0n) is 9.11. The maximum absolute atomic E-state index is 11.6. The van der Waals surface area contributed by atoms with Crippen LogP contribution in [0.2, 0.25) is 0 Å². The number of hydrogen-bond acceptors (Lipinski definition) is 1. The van der Waals surface area contributed by atoms with Crippen molar-refractivity contribution in [2.45, 2.75) is 51.5 Å². The molecule has 1 aliphatic rings. The highest BCUT2D eigenvalue weighted by Gasteiger charge is 2.32. The van der Waals surface area contributed by atoms with Gasteiger partial charge in [0, 0.05) is 11.8 Å². The molecular formula is C11H20ClNO. The second-order valence-electron chi connectivity index (χ2n) is 4.62. The zero-order chi connectivity index (χ0) is 10.6. The number of nitrogens with one attached hydrogen (secondary N) is 1. The minimum absolute atomic E-state index is 0.0528. The molecule has 0 aromatic rings. The smallest absolute Gasteiger partial charge is 0.223 e. The summed E-state index contributed by atoms with van der Waals surface area (Å²) in [7, 11) is 0. The summed E-state index contributed by atoms with van der Waals surface area (Å²) < 4.78 is 0. The first kappa shape index (κ1) is 11.8. The molecule has 0 bridgehead atoms. The van der Waals surface area contributed by atoms with Gasteiger partial charge in [0.1, 0.15) is 0 Å². The number of alkyl halides is 1. The zero-order valence-corrected chi connectivity index (χ0v) is 9.86. The Labute approximate surface area is 91.4 Å². The minimum Gasteiger partial charge on any atom is -0.349 e. The van der Waals surface area contributed by atoms with Gasteiger partial charge in [-0.3, -0.25) is 4.79 Å². The van der Waals surface area contributed by atoms with Gasteiger partial charge < -0.3 is 5.32 Å². The normalized spacial score (nSPS) is 20.9. The lowest BCUT2D eigenvalue weighted by Crippen LogP contribution is -2.52. The maximum atomic E-state index is 11.6. The van der Waals surface area contributed by atoms with Gasteiger partial charge in [-0.25, -0.2) is 0 Å². The summed E-state index contributed by atoms with van der Waals surface area (Å²) in [4.78, 5) is 11.6. The Hall–Kier alpha value is -0.240. The fraction of sp³-hybridized carbons (Fsp3) is 0.909. The fourth-order valence-electron chi connectivity index (χ4n) is 1.93. The number of amides is 1. The van der Waals surface area contributed by atoms with Gasteiger partial charge in [0.25, 0.3) is 0 Å². The Morgan fingerprint density at radius 3 is 2.36 bits per heavy atom. The molecule has 0 saturated heterocycles. The van der Waals surface area contributed by atoms with E-state index in [9.17, 15) is 4.79 Å². The number of carbonyl (C=O) groups is 1. The van der Waals surface area contributed by atoms with Crippen molar-refractivity contribution in [3.05, 3.63) is 0 Å². The largest absolute Gasteiger partial charge is 0.349 e. The average molecular weight is 218 g/mol. The van der Waals surface area contributed by atoms with Crippen LogP contribution >= 0.6 is 11.6 Å². The van der Waals surface area contributed by atoms with E-state index in [1.54, 1.807) is 0 Å². The third kappa shape index (κ3) is 2.88. The van der Waals surface area contributed by atoms with Gasteiger partial charge in [0.2, 0.25) is 5.91 Å². The summed E-state index contributed by atoms with van der Waals surface area (Å²) in [6, 6.07) is 0. The van der Waals surface area contributed by atoms with Crippen LogP contribution < -0.4 is 5.32 Å². The van der Waals surface area contributed by atoms with E-state index in [1.165, 1.54) is 19.3 Å². The fourth-order valence-corrected chi connectivity index (χ4v) is 2.26. The van der Waals surface area contributed by atoms with Crippen LogP contribution in [0.1, 0.15) is 46.0 Å². The highest BCUT2D eigenvalue weighted by Crippen LogP contribution is 2.29. The summed E-state index contributed by atoms with van der Waals surface area (Å²) in [5.74, 6) is 0.732. The summed E-state index contributed by atoms with van der Waals surface area (Å²) >= 11 is 5.97. The number of carbonyl (C=O) groups excluding carboxylic acids is 1. The van der Waals surface area contributed by atoms with Crippen molar-refractivity contribution >= 4 is 17.5 Å². The lowest BCUT2D eigenvalue weighted by molar-refractivity contribution is -0.126. The van der Waals surface area contributed by atoms with Crippen LogP contribution in [-0.4, -0.2) is 17.3 Å². The van der Waals surface area contributed by atoms with E-state index in [0.717, 1.165) is 12.8 Å². The molecule has 0 aliphatic heterocycles. The lowest BCUT2D eigenvalue weighted by Gasteiger charge is -2.37. The molecule has 0 atom stereocenters. The molecule has 1 saturated carbocycles. The summed E-state index contributed by atoms with van der Waals surface area (Å²) in [6.07, 6.45) is 5.72. The SMILES string of the molecule is CC(C)C(=O)NC1(CCl)CCCCC1. The first-order valence-corrected chi connectivity index (χ1v) is 6.01. The van der Waals surface area contributed by atoms with Crippen molar-refractivity contribution in [3.8, 4) is 0 Å². The van der Waals surface area contributed by atoms with Crippen molar-refractivity contribution in [1.29, 1.82) is 0 Å². The molecule has 1 aliphatic carbocycles. The van der Waals surface area contributed by atoms with E-state index in [1.807, 2.05) is 13.8 Å². The van der Waals surface area contributed by atoms with Crippen molar-refractivity contribution in [3.63, 3.8) is 0 Å². The van der Waals surface area contributed by atoms with Crippen LogP contribution in [0.3, 0.4) is 0 Å². The molecule has 1 fully saturated rings. The predicted octanol–water partition coefficient (Wildman–Crippen LogP) is 2.70. The molecule has 3 heteroatoms. The van der Waals surface area contributed by atoms with E-state index in [0.29, 0.717) is 5.88 Å². The molecule has 0 aromatic carbocycles. The van der Waals surface area contributed by atoms with Crippen molar-refractivity contribution < 1.29 is 4.79 Å². The summed E-state index contributed by atoms with van der Waals surface area (Å²) in [5, 5.41) is 3.11. The molecule has 0 heterocycles. The first-order chi connectivity index (χ1) is 6.59. The number of rotatable bonds is 3. The summed E-state index contributed by atoms with van der Waals surface area (Å²) in [5.41, 5.74) is -0.110. The summed E-state index contributed by atoms with van der Waals surface area (Å²) in [6.45, 7) is 3.83. The Morgan fingerprint density at radius 1 is 1.36 bits per heavy atom. The van der Waals surface area contributed by atoms with Gasteiger partial charge in [-0.2, -0.15) is 0 Å². The van der Waals surface area contributed by atoms with Gasteiger partial charge in [-0.05, 0) is 12.8 Å². The standard InChI is InChI=1S/C11H20ClNO/c1-9(2)10(14)13-11(8-12)6-4-3-5-7-11/h9H,3-8H2,1-2H3,(H,13,14). The molecule has 0 spiro atoms. The van der Waals surface area contributed by atoms with Crippen LogP contribution in [-0.2, 0) is 4.79 Å². The monoisotopic (exact) mass is 217 g/mol. The van der Waals surface area contributed by atoms with Gasteiger partial charge in [0.05, 0.1) is 5.54 Å². The van der Waals surface area contributed by atoms with Gasteiger partial charge in [0.15, 0.2) is 0 Å². The van der Waals surface area contributed by atoms with Crippen LogP contribution in [0.15, 0.2) is 0 Å². The Kier molecular flexibility index (Phi) is 4.24. The molecule has 0 unspecified atom stereocenters. The van der Waals surface area contributed by atoms with Gasteiger partial charge >= 0.3 is 0 Å². The highest BCUT2D eigenvalue weighted by molar-refractivity contribution is 6.18. The van der Waals surface area contributed by atoms with E-state index in [2.05, 4.69) is 5.32 Å². The van der Waals surface area contributed by atoms with Crippen LogP contribution in [0, 0.1) is 5.92 Å². The lowest BCUT2D eigenvalue weighted by atomic mass is 9.83. The Balaban J connectivity index is 2.56. The Morgan fingerprint density at radius 2 is 1.93 bits per heavy atom. The number of halogens is 1. The third-order valence-electron chi connectivity index (χ3n) is 2.98. The average Bonchev–Trinajstić information content (AvgIpc) is 2.19. The van der Waals surface area contributed by atoms with Crippen molar-refractivity contribution in [2.75, 3.05) is 5.88 Å². The second-order valence-corrected chi connectivity index (χ2v) is 4.89. The maximum Gasteiger partial charge on any atom is 0.223 e. The molecular weight excluding hydrogens is 198 g/mol. The third-order valence-corrected chi connectivity index (χ3v) is 3.49. The van der Waals surface area contributed by atoms with E-state index in [-0.39, 0.29) is 17.4 Å². The van der Waals surface area contributed by atoms with Crippen LogP contribution in [0.5, 0.6) is 0 Å². The van der Waals surface area contributed by atoms with Crippen LogP contribution in [0.25, 0.3) is 0 Å². The molecule has 1 rings (SSSR count). The molecule has 0 radical (unpaired) electrons. The highest BCUT2D eigenvalue weighted by atomic mass is 35.5. The van der Waals surface area contributed by atoms with E-state index < -0.39 is 0 Å². The molecule has 1 amide bonds. The predicted molar refractivity (Wildman–Crippen MR) is 59.5 cm³/mol. The molecule has 0 aromatic heterocycles. The van der Waals surface area contributed by atoms with E-state index >= 15 is 0 Å². The van der Waals surface area contributed by atoms with Crippen molar-refractivity contribution in [2.24, 2.45) is 5.92 Å². The van der Waals surface area contributed by atoms with Gasteiger partial charge in [-0.15, -0.1) is 11.6 Å². The van der Waals surface area contributed by atoms with E-state index in [4.69, 9.17) is 11.6 Å². The minimum atomic E-state index is -0.110. The topological polar surface area (TPSA) is 29.1 Å². The van der Waals surface area contributed by atoms with Crippen molar-refractivity contribution in [1.82, 2.24) is 5.32 Å². The second kappa shape index (κ2) is 5.01. The first-order valence-electron chi connectivity index (χ1n) is 5.48. The quantitative estimate of drug-likeness (QED) is 0.724. The van der Waals surface area contributed by atoms with Gasteiger partial charge in [-0.1, -0.05) is 33.1 Å².